The molecule has 0 bridgehead atoms. The third kappa shape index (κ3) is 4.83. The summed E-state index contributed by atoms with van der Waals surface area (Å²) in [5, 5.41) is 4.37. The zero-order valence-corrected chi connectivity index (χ0v) is 22.1. The lowest BCUT2D eigenvalue weighted by molar-refractivity contribution is -0.138. The van der Waals surface area contributed by atoms with Gasteiger partial charge in [0, 0.05) is 64.1 Å². The summed E-state index contributed by atoms with van der Waals surface area (Å²) in [5.41, 5.74) is 5.96. The van der Waals surface area contributed by atoms with E-state index in [4.69, 9.17) is 9.47 Å². The number of fused-ring (bicyclic) bond motifs is 1. The number of hydrogen-bond donors (Lipinski definition) is 2. The molecular weight excluding hydrogens is 490 g/mol. The Morgan fingerprint density at radius 3 is 2.69 bits per heavy atom. The molecule has 198 valence electrons. The van der Waals surface area contributed by atoms with Gasteiger partial charge >= 0.3 is 5.97 Å². The molecule has 0 fully saturated rings. The van der Waals surface area contributed by atoms with E-state index in [1.54, 1.807) is 13.2 Å². The second kappa shape index (κ2) is 11.0. The van der Waals surface area contributed by atoms with Gasteiger partial charge in [0.2, 0.25) is 0 Å². The van der Waals surface area contributed by atoms with Crippen molar-refractivity contribution >= 4 is 29.4 Å². The molecule has 0 spiro atoms. The van der Waals surface area contributed by atoms with Gasteiger partial charge in [-0.1, -0.05) is 43.0 Å². The Morgan fingerprint density at radius 2 is 1.92 bits per heavy atom. The Bertz CT molecular complexity index is 1570. The quantitative estimate of drug-likeness (QED) is 0.220. The van der Waals surface area contributed by atoms with Crippen LogP contribution in [0.4, 0.5) is 0 Å². The number of benzene rings is 2. The number of dihydropyridines is 1. The maximum Gasteiger partial charge on any atom is 0.337 e. The number of para-hydroxylation sites is 1. The number of ketones is 1. The number of rotatable bonds is 8. The average molecular weight is 522 g/mol. The van der Waals surface area contributed by atoms with Crippen LogP contribution in [-0.4, -0.2) is 37.2 Å². The second-order valence-electron chi connectivity index (χ2n) is 9.71. The first-order chi connectivity index (χ1) is 19.0. The highest BCUT2D eigenvalue weighted by atomic mass is 16.5. The van der Waals surface area contributed by atoms with Gasteiger partial charge in [-0.3, -0.25) is 9.79 Å². The number of aliphatic imine (C=N–C) groups is 1. The summed E-state index contributed by atoms with van der Waals surface area (Å²) >= 11 is 0. The molecule has 3 aromatic rings. The Balaban J connectivity index is 1.60. The molecule has 0 radical (unpaired) electrons. The number of carbonyl (C=O) groups is 2. The maximum absolute atomic E-state index is 14.0. The lowest BCUT2D eigenvalue weighted by atomic mass is 9.71. The summed E-state index contributed by atoms with van der Waals surface area (Å²) in [4.78, 5) is 34.6. The Labute approximate surface area is 227 Å². The van der Waals surface area contributed by atoms with Gasteiger partial charge in [0.05, 0.1) is 12.7 Å². The molecule has 2 heterocycles. The van der Waals surface area contributed by atoms with Gasteiger partial charge in [0.25, 0.3) is 0 Å². The fourth-order valence-corrected chi connectivity index (χ4v) is 5.70. The van der Waals surface area contributed by atoms with Gasteiger partial charge in [-0.05, 0) is 49.4 Å². The molecule has 2 atom stereocenters. The number of nitrogens with zero attached hydrogens (tertiary/aromatic N) is 1. The van der Waals surface area contributed by atoms with Crippen LogP contribution in [0.2, 0.25) is 0 Å². The lowest BCUT2D eigenvalue weighted by Crippen LogP contribution is -2.36. The minimum Gasteiger partial charge on any atom is -0.496 e. The first kappa shape index (κ1) is 26.0. The minimum absolute atomic E-state index is 0.00229. The topological polar surface area (TPSA) is 92.8 Å². The molecule has 1 aromatic heterocycles. The first-order valence-corrected chi connectivity index (χ1v) is 12.8. The Hall–Kier alpha value is -4.65. The SMILES string of the molecule is C=C/C(=C\N=C)COC(=O)C1=C(C)NC2=C(C(=O)C[C@H](c3ccccc3OC)C2)C1c1cccc2[nH]ccc12. The van der Waals surface area contributed by atoms with E-state index in [0.29, 0.717) is 35.3 Å². The van der Waals surface area contributed by atoms with Gasteiger partial charge in [0.1, 0.15) is 12.4 Å². The van der Waals surface area contributed by atoms with Gasteiger partial charge in [-0.25, -0.2) is 4.79 Å². The van der Waals surface area contributed by atoms with Crippen molar-refractivity contribution < 1.29 is 19.1 Å². The molecule has 0 saturated heterocycles. The van der Waals surface area contributed by atoms with Crippen molar-refractivity contribution in [3.8, 4) is 5.75 Å². The predicted molar refractivity (Wildman–Crippen MR) is 153 cm³/mol. The third-order valence-electron chi connectivity index (χ3n) is 7.46. The fourth-order valence-electron chi connectivity index (χ4n) is 5.70. The molecule has 1 aliphatic carbocycles. The molecule has 7 heteroatoms. The van der Waals surface area contributed by atoms with Crippen molar-refractivity contribution in [3.05, 3.63) is 113 Å². The fraction of sp³-hybridized carbons (Fsp3) is 0.219. The van der Waals surface area contributed by atoms with Crippen LogP contribution in [0, 0.1) is 0 Å². The highest BCUT2D eigenvalue weighted by Gasteiger charge is 2.42. The normalized spacial score (nSPS) is 19.4. The van der Waals surface area contributed by atoms with Crippen LogP contribution < -0.4 is 10.1 Å². The van der Waals surface area contributed by atoms with E-state index < -0.39 is 11.9 Å². The third-order valence-corrected chi connectivity index (χ3v) is 7.46. The zero-order chi connectivity index (χ0) is 27.5. The maximum atomic E-state index is 14.0. The number of hydrogen-bond acceptors (Lipinski definition) is 6. The molecule has 39 heavy (non-hydrogen) atoms. The van der Waals surface area contributed by atoms with Crippen LogP contribution in [-0.2, 0) is 14.3 Å². The predicted octanol–water partition coefficient (Wildman–Crippen LogP) is 5.85. The Kier molecular flexibility index (Phi) is 7.32. The van der Waals surface area contributed by atoms with E-state index in [1.165, 1.54) is 6.20 Å². The number of aromatic amines is 1. The number of nitrogens with one attached hydrogen (secondary N) is 2. The standard InChI is InChI=1S/C32H31N3O4/c1-5-20(17-33-3)18-39-32(37)29-19(2)35-26-15-21(22-9-6-7-12-28(22)38-4)16-27(36)31(26)30(29)24-10-8-11-25-23(24)13-14-34-25/h5-14,17,21,30,34-35H,1,3,15-16,18H2,2,4H3/b20-17+/t21-,30?/m1/s1. The minimum atomic E-state index is -0.576. The van der Waals surface area contributed by atoms with Crippen molar-refractivity contribution in [2.75, 3.05) is 13.7 Å². The molecule has 1 aliphatic heterocycles. The van der Waals surface area contributed by atoms with E-state index in [1.807, 2.05) is 61.7 Å². The summed E-state index contributed by atoms with van der Waals surface area (Å²) in [6, 6.07) is 15.7. The van der Waals surface area contributed by atoms with Crippen LogP contribution in [0.1, 0.15) is 42.7 Å². The summed E-state index contributed by atoms with van der Waals surface area (Å²) in [6.45, 7) is 9.06. The molecule has 1 unspecified atom stereocenters. The monoisotopic (exact) mass is 521 g/mol. The van der Waals surface area contributed by atoms with Gasteiger partial charge in [-0.15, -0.1) is 0 Å². The summed E-state index contributed by atoms with van der Waals surface area (Å²) in [6.07, 6.45) is 5.87. The van der Waals surface area contributed by atoms with E-state index in [9.17, 15) is 9.59 Å². The molecule has 7 nitrogen and oxygen atoms in total. The number of esters is 1. The van der Waals surface area contributed by atoms with E-state index in [-0.39, 0.29) is 18.3 Å². The second-order valence-corrected chi connectivity index (χ2v) is 9.71. The molecule has 2 aliphatic rings. The zero-order valence-electron chi connectivity index (χ0n) is 22.1. The van der Waals surface area contributed by atoms with Crippen LogP contribution in [0.25, 0.3) is 10.9 Å². The first-order valence-electron chi connectivity index (χ1n) is 12.8. The average Bonchev–Trinajstić information content (AvgIpc) is 3.43. The van der Waals surface area contributed by atoms with Crippen molar-refractivity contribution in [2.45, 2.75) is 31.6 Å². The Morgan fingerprint density at radius 1 is 1.13 bits per heavy atom. The van der Waals surface area contributed by atoms with E-state index in [0.717, 1.165) is 33.5 Å². The van der Waals surface area contributed by atoms with Crippen LogP contribution in [0.3, 0.4) is 0 Å². The number of ether oxygens (including phenoxy) is 2. The molecule has 2 aromatic carbocycles. The lowest BCUT2D eigenvalue weighted by Gasteiger charge is -2.37. The van der Waals surface area contributed by atoms with Crippen molar-refractivity contribution in [1.29, 1.82) is 0 Å². The van der Waals surface area contributed by atoms with Crippen LogP contribution in [0.5, 0.6) is 5.75 Å². The van der Waals surface area contributed by atoms with Gasteiger partial charge in [-0.2, -0.15) is 0 Å². The van der Waals surface area contributed by atoms with Crippen LogP contribution >= 0.6 is 0 Å². The van der Waals surface area contributed by atoms with E-state index >= 15 is 0 Å². The smallest absolute Gasteiger partial charge is 0.337 e. The number of H-pyrrole nitrogens is 1. The summed E-state index contributed by atoms with van der Waals surface area (Å²) < 4.78 is 11.3. The number of carbonyl (C=O) groups excluding carboxylic acids is 2. The van der Waals surface area contributed by atoms with E-state index in [2.05, 4.69) is 28.6 Å². The summed E-state index contributed by atoms with van der Waals surface area (Å²) in [5.74, 6) is -0.358. The number of methoxy groups -OCH3 is 1. The highest BCUT2D eigenvalue weighted by Crippen LogP contribution is 2.48. The molecule has 0 saturated carbocycles. The molecule has 5 rings (SSSR count). The number of Topliss-reactive ketones (excluding diaryl/α,β-unsaturated/α-hetero) is 1. The number of allylic oxidation sites excluding steroid dienone is 3. The highest BCUT2D eigenvalue weighted by molar-refractivity contribution is 6.05. The van der Waals surface area contributed by atoms with Crippen molar-refractivity contribution in [2.24, 2.45) is 4.99 Å². The van der Waals surface area contributed by atoms with Crippen LogP contribution in [0.15, 0.2) is 107 Å². The largest absolute Gasteiger partial charge is 0.496 e. The molecule has 0 amide bonds. The van der Waals surface area contributed by atoms with Crippen molar-refractivity contribution in [3.63, 3.8) is 0 Å². The van der Waals surface area contributed by atoms with Gasteiger partial charge in [0.15, 0.2) is 5.78 Å². The van der Waals surface area contributed by atoms with Gasteiger partial charge < -0.3 is 19.8 Å². The molecular formula is C32H31N3O4. The molecule has 2 N–H and O–H groups in total. The van der Waals surface area contributed by atoms with Crippen molar-refractivity contribution in [1.82, 2.24) is 10.3 Å². The summed E-state index contributed by atoms with van der Waals surface area (Å²) in [7, 11) is 1.64. The number of aromatic nitrogens is 1.